The maximum atomic E-state index is 12.3. The van der Waals surface area contributed by atoms with Gasteiger partial charge in [-0.3, -0.25) is 10.1 Å². The highest BCUT2D eigenvalue weighted by Crippen LogP contribution is 2.31. The number of nitrogens with zero attached hydrogens (tertiary/aromatic N) is 1. The van der Waals surface area contributed by atoms with Crippen LogP contribution in [0.3, 0.4) is 0 Å². The Hall–Kier alpha value is -2.70. The number of thiazole rings is 1. The molecule has 0 aliphatic heterocycles. The number of benzene rings is 2. The van der Waals surface area contributed by atoms with E-state index in [9.17, 15) is 4.79 Å². The summed E-state index contributed by atoms with van der Waals surface area (Å²) in [7, 11) is 1.62. The Morgan fingerprint density at radius 2 is 2.08 bits per heavy atom. The summed E-state index contributed by atoms with van der Waals surface area (Å²) in [6.07, 6.45) is 0. The van der Waals surface area contributed by atoms with Crippen molar-refractivity contribution in [1.29, 1.82) is 0 Å². The van der Waals surface area contributed by atoms with E-state index in [1.54, 1.807) is 19.2 Å². The molecule has 24 heavy (non-hydrogen) atoms. The molecule has 1 aromatic heterocycles. The molecular formula is C18H17N3O2S. The van der Waals surface area contributed by atoms with Crippen molar-refractivity contribution in [3.05, 3.63) is 65.0 Å². The van der Waals surface area contributed by atoms with Crippen LogP contribution in [0.5, 0.6) is 5.75 Å². The van der Waals surface area contributed by atoms with Crippen LogP contribution in [0, 0.1) is 0 Å². The van der Waals surface area contributed by atoms with Crippen LogP contribution < -0.4 is 15.8 Å². The van der Waals surface area contributed by atoms with Crippen LogP contribution >= 0.6 is 11.3 Å². The highest BCUT2D eigenvalue weighted by molar-refractivity contribution is 7.14. The summed E-state index contributed by atoms with van der Waals surface area (Å²) in [5, 5.41) is 5.26. The Kier molecular flexibility index (Phi) is 4.88. The van der Waals surface area contributed by atoms with Gasteiger partial charge in [0.15, 0.2) is 5.13 Å². The highest BCUT2D eigenvalue weighted by atomic mass is 32.1. The van der Waals surface area contributed by atoms with Gasteiger partial charge in [0, 0.05) is 23.1 Å². The second-order valence-electron chi connectivity index (χ2n) is 5.10. The first-order chi connectivity index (χ1) is 11.7. The molecule has 0 aliphatic rings. The normalized spacial score (nSPS) is 10.4. The SMILES string of the molecule is COc1ccccc1-c1csc(NC(=O)c2cccc(CN)c2)n1. The third-order valence-corrected chi connectivity index (χ3v) is 4.29. The lowest BCUT2D eigenvalue weighted by Crippen LogP contribution is -2.12. The quantitative estimate of drug-likeness (QED) is 0.745. The molecule has 3 rings (SSSR count). The van der Waals surface area contributed by atoms with Crippen LogP contribution in [0.15, 0.2) is 53.9 Å². The molecule has 3 N–H and O–H groups in total. The number of carbonyl (C=O) groups is 1. The van der Waals surface area contributed by atoms with Gasteiger partial charge in [-0.25, -0.2) is 4.98 Å². The number of anilines is 1. The number of hydrogen-bond acceptors (Lipinski definition) is 5. The van der Waals surface area contributed by atoms with Gasteiger partial charge in [-0.1, -0.05) is 24.3 Å². The number of para-hydroxylation sites is 1. The van der Waals surface area contributed by atoms with Crippen LogP contribution in [0.25, 0.3) is 11.3 Å². The predicted octanol–water partition coefficient (Wildman–Crippen LogP) is 3.53. The van der Waals surface area contributed by atoms with Crippen molar-refractivity contribution in [2.75, 3.05) is 12.4 Å². The van der Waals surface area contributed by atoms with Gasteiger partial charge in [-0.2, -0.15) is 0 Å². The van der Waals surface area contributed by atoms with Crippen molar-refractivity contribution in [1.82, 2.24) is 4.98 Å². The maximum Gasteiger partial charge on any atom is 0.257 e. The molecule has 1 amide bonds. The third kappa shape index (κ3) is 3.45. The second-order valence-corrected chi connectivity index (χ2v) is 5.95. The topological polar surface area (TPSA) is 77.2 Å². The van der Waals surface area contributed by atoms with E-state index < -0.39 is 0 Å². The zero-order valence-corrected chi connectivity index (χ0v) is 14.0. The van der Waals surface area contributed by atoms with Crippen LogP contribution in [0.4, 0.5) is 5.13 Å². The summed E-state index contributed by atoms with van der Waals surface area (Å²) >= 11 is 1.37. The fourth-order valence-electron chi connectivity index (χ4n) is 2.32. The lowest BCUT2D eigenvalue weighted by Gasteiger charge is -2.05. The summed E-state index contributed by atoms with van der Waals surface area (Å²) < 4.78 is 5.35. The summed E-state index contributed by atoms with van der Waals surface area (Å²) in [4.78, 5) is 16.8. The summed E-state index contributed by atoms with van der Waals surface area (Å²) in [5.41, 5.74) is 8.75. The zero-order chi connectivity index (χ0) is 16.9. The van der Waals surface area contributed by atoms with Gasteiger partial charge in [0.1, 0.15) is 5.75 Å². The maximum absolute atomic E-state index is 12.3. The molecule has 2 aromatic carbocycles. The minimum atomic E-state index is -0.203. The predicted molar refractivity (Wildman–Crippen MR) is 96.4 cm³/mol. The van der Waals surface area contributed by atoms with E-state index in [-0.39, 0.29) is 5.91 Å². The van der Waals surface area contributed by atoms with Gasteiger partial charge >= 0.3 is 0 Å². The number of methoxy groups -OCH3 is 1. The van der Waals surface area contributed by atoms with E-state index in [1.165, 1.54) is 11.3 Å². The van der Waals surface area contributed by atoms with Gasteiger partial charge in [-0.05, 0) is 29.8 Å². The van der Waals surface area contributed by atoms with Gasteiger partial charge in [-0.15, -0.1) is 11.3 Å². The fourth-order valence-corrected chi connectivity index (χ4v) is 3.03. The van der Waals surface area contributed by atoms with E-state index in [0.717, 1.165) is 22.6 Å². The Labute approximate surface area is 144 Å². The number of hydrogen-bond donors (Lipinski definition) is 2. The lowest BCUT2D eigenvalue weighted by molar-refractivity contribution is 0.102. The number of amides is 1. The van der Waals surface area contributed by atoms with Crippen LogP contribution in [0.2, 0.25) is 0 Å². The van der Waals surface area contributed by atoms with E-state index in [4.69, 9.17) is 10.5 Å². The van der Waals surface area contributed by atoms with Gasteiger partial charge in [0.2, 0.25) is 0 Å². The molecule has 0 saturated heterocycles. The molecule has 0 unspecified atom stereocenters. The van der Waals surface area contributed by atoms with Crippen molar-refractivity contribution in [3.8, 4) is 17.0 Å². The lowest BCUT2D eigenvalue weighted by atomic mass is 10.1. The van der Waals surface area contributed by atoms with E-state index in [0.29, 0.717) is 17.2 Å². The molecule has 122 valence electrons. The van der Waals surface area contributed by atoms with Crippen LogP contribution in [-0.4, -0.2) is 18.0 Å². The molecule has 0 radical (unpaired) electrons. The molecule has 0 fully saturated rings. The average molecular weight is 339 g/mol. The van der Waals surface area contributed by atoms with Gasteiger partial charge < -0.3 is 10.5 Å². The fraction of sp³-hybridized carbons (Fsp3) is 0.111. The minimum absolute atomic E-state index is 0.203. The Morgan fingerprint density at radius 3 is 2.88 bits per heavy atom. The monoisotopic (exact) mass is 339 g/mol. The number of carbonyl (C=O) groups excluding carboxylic acids is 1. The molecule has 0 saturated carbocycles. The molecule has 0 aliphatic carbocycles. The number of nitrogens with two attached hydrogens (primary N) is 1. The summed E-state index contributed by atoms with van der Waals surface area (Å²) in [5.74, 6) is 0.544. The molecule has 0 atom stereocenters. The van der Waals surface area contributed by atoms with Crippen molar-refractivity contribution in [2.45, 2.75) is 6.54 Å². The molecule has 5 nitrogen and oxygen atoms in total. The molecular weight excluding hydrogens is 322 g/mol. The molecule has 6 heteroatoms. The van der Waals surface area contributed by atoms with Crippen molar-refractivity contribution in [2.24, 2.45) is 5.73 Å². The van der Waals surface area contributed by atoms with Crippen LogP contribution in [0.1, 0.15) is 15.9 Å². The Balaban J connectivity index is 1.80. The minimum Gasteiger partial charge on any atom is -0.496 e. The average Bonchev–Trinajstić information content (AvgIpc) is 3.10. The zero-order valence-electron chi connectivity index (χ0n) is 13.2. The number of nitrogens with one attached hydrogen (secondary N) is 1. The van der Waals surface area contributed by atoms with Gasteiger partial charge in [0.25, 0.3) is 5.91 Å². The van der Waals surface area contributed by atoms with Crippen LogP contribution in [-0.2, 0) is 6.54 Å². The smallest absolute Gasteiger partial charge is 0.257 e. The molecule has 0 spiro atoms. The number of rotatable bonds is 5. The number of aromatic nitrogens is 1. The van der Waals surface area contributed by atoms with Crippen molar-refractivity contribution < 1.29 is 9.53 Å². The van der Waals surface area contributed by atoms with E-state index in [1.807, 2.05) is 41.8 Å². The summed E-state index contributed by atoms with van der Waals surface area (Å²) in [6, 6.07) is 14.9. The first kappa shape index (κ1) is 16.2. The Morgan fingerprint density at radius 1 is 1.25 bits per heavy atom. The van der Waals surface area contributed by atoms with Gasteiger partial charge in [0.05, 0.1) is 12.8 Å². The Bertz CT molecular complexity index is 861. The second kappa shape index (κ2) is 7.25. The first-order valence-electron chi connectivity index (χ1n) is 7.40. The number of ether oxygens (including phenoxy) is 1. The summed E-state index contributed by atoms with van der Waals surface area (Å²) in [6.45, 7) is 0.399. The van der Waals surface area contributed by atoms with E-state index >= 15 is 0 Å². The van der Waals surface area contributed by atoms with Crippen molar-refractivity contribution in [3.63, 3.8) is 0 Å². The molecule has 0 bridgehead atoms. The molecule has 3 aromatic rings. The standard InChI is InChI=1S/C18H17N3O2S/c1-23-16-8-3-2-7-14(16)15-11-24-18(20-15)21-17(22)13-6-4-5-12(9-13)10-19/h2-9,11H,10,19H2,1H3,(H,20,21,22). The largest absolute Gasteiger partial charge is 0.496 e. The molecule has 1 heterocycles. The van der Waals surface area contributed by atoms with E-state index in [2.05, 4.69) is 10.3 Å². The highest BCUT2D eigenvalue weighted by Gasteiger charge is 2.12. The first-order valence-corrected chi connectivity index (χ1v) is 8.28. The third-order valence-electron chi connectivity index (χ3n) is 3.53. The van der Waals surface area contributed by atoms with Crippen molar-refractivity contribution >= 4 is 22.4 Å².